The summed E-state index contributed by atoms with van der Waals surface area (Å²) in [6.45, 7) is -0.696. The summed E-state index contributed by atoms with van der Waals surface area (Å²) in [5, 5.41) is 10.8. The Morgan fingerprint density at radius 3 is 2.76 bits per heavy atom. The number of nitrogens with one attached hydrogen (secondary N) is 1. The largest absolute Gasteiger partial charge is 0.454 e. The van der Waals surface area contributed by atoms with Crippen LogP contribution in [0.4, 0.5) is 13.2 Å². The minimum absolute atomic E-state index is 0.0181. The van der Waals surface area contributed by atoms with E-state index in [1.807, 2.05) is 5.32 Å². The lowest BCUT2D eigenvalue weighted by atomic mass is 10.1. The van der Waals surface area contributed by atoms with E-state index in [2.05, 4.69) is 0 Å². The van der Waals surface area contributed by atoms with Gasteiger partial charge in [-0.05, 0) is 24.1 Å². The van der Waals surface area contributed by atoms with Gasteiger partial charge >= 0.3 is 6.18 Å². The van der Waals surface area contributed by atoms with E-state index in [-0.39, 0.29) is 13.2 Å². The fraction of sp³-hybridized carbons (Fsp3) is 0.462. The van der Waals surface area contributed by atoms with Gasteiger partial charge in [0.05, 0.1) is 6.54 Å². The molecule has 0 radical (unpaired) electrons. The van der Waals surface area contributed by atoms with Crippen LogP contribution in [0.15, 0.2) is 18.2 Å². The van der Waals surface area contributed by atoms with Crippen LogP contribution < -0.4 is 14.8 Å². The first-order valence-corrected chi connectivity index (χ1v) is 6.26. The van der Waals surface area contributed by atoms with Crippen LogP contribution in [0.3, 0.4) is 0 Å². The summed E-state index contributed by atoms with van der Waals surface area (Å²) < 4.78 is 46.5. The molecule has 1 aliphatic rings. The first-order valence-electron chi connectivity index (χ1n) is 6.26. The SMILES string of the molecule is O=C(CCc1ccc2c(c1)OCO2)NCC(O)C(F)(F)F. The zero-order valence-corrected chi connectivity index (χ0v) is 10.9. The minimum Gasteiger partial charge on any atom is -0.454 e. The molecule has 5 nitrogen and oxygen atoms in total. The number of fused-ring (bicyclic) bond motifs is 1. The second kappa shape index (κ2) is 6.21. The molecular weight excluding hydrogens is 291 g/mol. The number of carbonyl (C=O) groups is 1. The number of alkyl halides is 3. The smallest absolute Gasteiger partial charge is 0.416 e. The maximum Gasteiger partial charge on any atom is 0.416 e. The molecule has 1 heterocycles. The van der Waals surface area contributed by atoms with E-state index in [4.69, 9.17) is 14.6 Å². The molecule has 1 aliphatic heterocycles. The zero-order valence-electron chi connectivity index (χ0n) is 10.9. The summed E-state index contributed by atoms with van der Waals surface area (Å²) >= 11 is 0. The van der Waals surface area contributed by atoms with Crippen molar-refractivity contribution in [3.05, 3.63) is 23.8 Å². The van der Waals surface area contributed by atoms with Crippen LogP contribution in [0.1, 0.15) is 12.0 Å². The lowest BCUT2D eigenvalue weighted by molar-refractivity contribution is -0.201. The molecule has 0 spiro atoms. The maximum absolute atomic E-state index is 12.1. The number of aliphatic hydroxyl groups excluding tert-OH is 1. The van der Waals surface area contributed by atoms with Gasteiger partial charge < -0.3 is 19.9 Å². The van der Waals surface area contributed by atoms with Crippen LogP contribution in [0.2, 0.25) is 0 Å². The third kappa shape index (κ3) is 4.25. The second-order valence-electron chi connectivity index (χ2n) is 4.55. The quantitative estimate of drug-likeness (QED) is 0.862. The Morgan fingerprint density at radius 2 is 2.05 bits per heavy atom. The number of rotatable bonds is 5. The molecule has 1 unspecified atom stereocenters. The number of ether oxygens (including phenoxy) is 2. The van der Waals surface area contributed by atoms with Gasteiger partial charge in [0.1, 0.15) is 0 Å². The highest BCUT2D eigenvalue weighted by Gasteiger charge is 2.38. The third-order valence-corrected chi connectivity index (χ3v) is 2.95. The van der Waals surface area contributed by atoms with E-state index < -0.39 is 24.7 Å². The monoisotopic (exact) mass is 305 g/mol. The van der Waals surface area contributed by atoms with E-state index in [9.17, 15) is 18.0 Å². The summed E-state index contributed by atoms with van der Waals surface area (Å²) in [5.74, 6) is 0.646. The van der Waals surface area contributed by atoms with Gasteiger partial charge in [0.25, 0.3) is 0 Å². The molecule has 0 saturated heterocycles. The van der Waals surface area contributed by atoms with Crippen molar-refractivity contribution < 1.29 is 32.5 Å². The van der Waals surface area contributed by atoms with E-state index in [0.29, 0.717) is 17.9 Å². The van der Waals surface area contributed by atoms with Gasteiger partial charge in [-0.2, -0.15) is 13.2 Å². The predicted octanol–water partition coefficient (Wildman–Crippen LogP) is 1.39. The molecule has 0 bridgehead atoms. The molecule has 1 aromatic carbocycles. The second-order valence-corrected chi connectivity index (χ2v) is 4.55. The van der Waals surface area contributed by atoms with Crippen molar-refractivity contribution in [1.82, 2.24) is 5.32 Å². The maximum atomic E-state index is 12.1. The van der Waals surface area contributed by atoms with Crippen LogP contribution in [0, 0.1) is 0 Å². The lowest BCUT2D eigenvalue weighted by Crippen LogP contribution is -2.40. The average molecular weight is 305 g/mol. The van der Waals surface area contributed by atoms with Crippen LogP contribution >= 0.6 is 0 Å². The number of benzene rings is 1. The van der Waals surface area contributed by atoms with Crippen molar-refractivity contribution in [2.45, 2.75) is 25.1 Å². The molecule has 1 amide bonds. The molecule has 2 N–H and O–H groups in total. The van der Waals surface area contributed by atoms with Gasteiger partial charge in [0, 0.05) is 6.42 Å². The van der Waals surface area contributed by atoms with Gasteiger partial charge in [-0.3, -0.25) is 4.79 Å². The summed E-state index contributed by atoms with van der Waals surface area (Å²) in [7, 11) is 0. The highest BCUT2D eigenvalue weighted by molar-refractivity contribution is 5.76. The van der Waals surface area contributed by atoms with Crippen LogP contribution in [0.25, 0.3) is 0 Å². The van der Waals surface area contributed by atoms with Crippen molar-refractivity contribution in [1.29, 1.82) is 0 Å². The molecule has 1 aromatic rings. The van der Waals surface area contributed by atoms with Crippen LogP contribution in [0.5, 0.6) is 11.5 Å². The van der Waals surface area contributed by atoms with Gasteiger partial charge in [-0.25, -0.2) is 0 Å². The summed E-state index contributed by atoms with van der Waals surface area (Å²) in [5.41, 5.74) is 0.811. The van der Waals surface area contributed by atoms with Crippen molar-refractivity contribution in [3.8, 4) is 11.5 Å². The molecular formula is C13H14F3NO4. The number of aryl methyl sites for hydroxylation is 1. The lowest BCUT2D eigenvalue weighted by Gasteiger charge is -2.14. The molecule has 0 aromatic heterocycles. The summed E-state index contributed by atoms with van der Waals surface area (Å²) in [6, 6.07) is 5.19. The van der Waals surface area contributed by atoms with Gasteiger partial charge in [-0.15, -0.1) is 0 Å². The Balaban J connectivity index is 1.77. The Labute approximate surface area is 118 Å². The number of amides is 1. The number of hydrogen-bond donors (Lipinski definition) is 2. The van der Waals surface area contributed by atoms with Gasteiger partial charge in [-0.1, -0.05) is 6.07 Å². The Kier molecular flexibility index (Phi) is 4.56. The van der Waals surface area contributed by atoms with Gasteiger partial charge in [0.15, 0.2) is 17.6 Å². The fourth-order valence-electron chi connectivity index (χ4n) is 1.77. The average Bonchev–Trinajstić information content (AvgIpc) is 2.88. The summed E-state index contributed by atoms with van der Waals surface area (Å²) in [4.78, 5) is 11.4. The van der Waals surface area contributed by atoms with Gasteiger partial charge in [0.2, 0.25) is 12.7 Å². The fourth-order valence-corrected chi connectivity index (χ4v) is 1.77. The Morgan fingerprint density at radius 1 is 1.33 bits per heavy atom. The first kappa shape index (κ1) is 15.4. The first-order chi connectivity index (χ1) is 9.86. The van der Waals surface area contributed by atoms with E-state index in [1.54, 1.807) is 18.2 Å². The number of carbonyl (C=O) groups excluding carboxylic acids is 1. The third-order valence-electron chi connectivity index (χ3n) is 2.95. The molecule has 0 saturated carbocycles. The molecule has 0 fully saturated rings. The van der Waals surface area contributed by atoms with Crippen molar-refractivity contribution in [2.75, 3.05) is 13.3 Å². The summed E-state index contributed by atoms with van der Waals surface area (Å²) in [6.07, 6.45) is -6.91. The predicted molar refractivity (Wildman–Crippen MR) is 66.0 cm³/mol. The molecule has 116 valence electrons. The molecule has 0 aliphatic carbocycles. The number of hydrogen-bond acceptors (Lipinski definition) is 4. The highest BCUT2D eigenvalue weighted by Crippen LogP contribution is 2.32. The number of halogens is 3. The minimum atomic E-state index is -4.73. The van der Waals surface area contributed by atoms with Crippen molar-refractivity contribution in [2.24, 2.45) is 0 Å². The Bertz CT molecular complexity index is 519. The number of aliphatic hydroxyl groups is 1. The highest BCUT2D eigenvalue weighted by atomic mass is 19.4. The van der Waals surface area contributed by atoms with Crippen LogP contribution in [-0.4, -0.2) is 36.6 Å². The Hall–Kier alpha value is -1.96. The molecule has 1 atom stereocenters. The normalized spacial score (nSPS) is 14.9. The van der Waals surface area contributed by atoms with Crippen LogP contribution in [-0.2, 0) is 11.2 Å². The van der Waals surface area contributed by atoms with E-state index >= 15 is 0 Å². The van der Waals surface area contributed by atoms with E-state index in [0.717, 1.165) is 5.56 Å². The van der Waals surface area contributed by atoms with Crippen molar-refractivity contribution >= 4 is 5.91 Å². The standard InChI is InChI=1S/C13H14F3NO4/c14-13(15,16)11(18)6-17-12(19)4-2-8-1-3-9-10(5-8)21-7-20-9/h1,3,5,11,18H,2,4,6-7H2,(H,17,19). The van der Waals surface area contributed by atoms with Crippen molar-refractivity contribution in [3.63, 3.8) is 0 Å². The topological polar surface area (TPSA) is 67.8 Å². The molecule has 8 heteroatoms. The molecule has 21 heavy (non-hydrogen) atoms. The molecule has 2 rings (SSSR count). The van der Waals surface area contributed by atoms with E-state index in [1.165, 1.54) is 0 Å². The zero-order chi connectivity index (χ0) is 15.5.